The Kier molecular flexibility index (Phi) is 5.09. The number of halogens is 1. The van der Waals surface area contributed by atoms with E-state index in [1.807, 2.05) is 12.1 Å². The number of benzene rings is 1. The molecule has 2 aromatic rings. The second-order valence-electron chi connectivity index (χ2n) is 6.82. The van der Waals surface area contributed by atoms with Gasteiger partial charge in [0.25, 0.3) is 5.91 Å². The Morgan fingerprint density at radius 3 is 2.78 bits per heavy atom. The highest BCUT2D eigenvalue weighted by Crippen LogP contribution is 2.29. The van der Waals surface area contributed by atoms with Crippen LogP contribution in [0, 0.1) is 0 Å². The van der Waals surface area contributed by atoms with Crippen LogP contribution in [0.2, 0.25) is 5.02 Å². The molecule has 4 rings (SSSR count). The van der Waals surface area contributed by atoms with E-state index in [9.17, 15) is 9.59 Å². The molecule has 2 N–H and O–H groups in total. The minimum absolute atomic E-state index is 0.165. The summed E-state index contributed by atoms with van der Waals surface area (Å²) < 4.78 is 1.75. The fraction of sp³-hybridized carbons (Fsp3) is 0.444. The summed E-state index contributed by atoms with van der Waals surface area (Å²) >= 11 is 6.19. The Hall–Kier alpha value is -2.45. The van der Waals surface area contributed by atoms with Gasteiger partial charge in [0.2, 0.25) is 5.91 Å². The predicted molar refractivity (Wildman–Crippen MR) is 101 cm³/mol. The molecule has 0 radical (unpaired) electrons. The molecule has 0 saturated carbocycles. The van der Waals surface area contributed by atoms with Crippen molar-refractivity contribution in [2.45, 2.75) is 31.3 Å². The lowest BCUT2D eigenvalue weighted by atomic mass is 10.1. The van der Waals surface area contributed by atoms with Crippen LogP contribution in [0.15, 0.2) is 30.5 Å². The second-order valence-corrected chi connectivity index (χ2v) is 7.23. The number of aromatic nitrogens is 3. The predicted octanol–water partition coefficient (Wildman–Crippen LogP) is 1.39. The van der Waals surface area contributed by atoms with Gasteiger partial charge in [-0.1, -0.05) is 28.9 Å². The van der Waals surface area contributed by atoms with Crippen LogP contribution in [-0.4, -0.2) is 52.5 Å². The third-order valence-electron chi connectivity index (χ3n) is 5.08. The van der Waals surface area contributed by atoms with E-state index in [1.165, 1.54) is 0 Å². The van der Waals surface area contributed by atoms with Crippen molar-refractivity contribution in [2.24, 2.45) is 0 Å². The molecular formula is C18H21ClN6O2. The summed E-state index contributed by atoms with van der Waals surface area (Å²) in [5.41, 5.74) is 0.898. The third kappa shape index (κ3) is 3.68. The Labute approximate surface area is 161 Å². The molecule has 2 fully saturated rings. The number of carbonyl (C=O) groups excluding carboxylic acids is 2. The maximum Gasteiger partial charge on any atom is 0.274 e. The number of rotatable bonds is 4. The minimum atomic E-state index is -0.585. The first-order chi connectivity index (χ1) is 13.1. The highest BCUT2D eigenvalue weighted by molar-refractivity contribution is 6.34. The van der Waals surface area contributed by atoms with Gasteiger partial charge < -0.3 is 15.5 Å². The van der Waals surface area contributed by atoms with Crippen LogP contribution in [0.25, 0.3) is 0 Å². The lowest BCUT2D eigenvalue weighted by molar-refractivity contribution is -0.118. The van der Waals surface area contributed by atoms with Crippen LogP contribution in [0.3, 0.4) is 0 Å². The fourth-order valence-corrected chi connectivity index (χ4v) is 3.82. The summed E-state index contributed by atoms with van der Waals surface area (Å²) in [6.45, 7) is 2.37. The molecule has 27 heavy (non-hydrogen) atoms. The van der Waals surface area contributed by atoms with E-state index in [2.05, 4.69) is 20.9 Å². The second kappa shape index (κ2) is 7.66. The van der Waals surface area contributed by atoms with Crippen molar-refractivity contribution < 1.29 is 9.59 Å². The normalized spacial score (nSPS) is 20.9. The number of piperidine rings is 1. The van der Waals surface area contributed by atoms with E-state index < -0.39 is 6.04 Å². The molecule has 1 unspecified atom stereocenters. The first-order valence-corrected chi connectivity index (χ1v) is 9.50. The number of amides is 2. The Bertz CT molecular complexity index is 848. The van der Waals surface area contributed by atoms with Gasteiger partial charge in [0.15, 0.2) is 5.69 Å². The molecule has 3 heterocycles. The van der Waals surface area contributed by atoms with Crippen molar-refractivity contribution in [1.29, 1.82) is 0 Å². The van der Waals surface area contributed by atoms with Crippen LogP contribution in [0.4, 0.5) is 5.69 Å². The van der Waals surface area contributed by atoms with Gasteiger partial charge in [0.05, 0.1) is 22.9 Å². The van der Waals surface area contributed by atoms with Crippen molar-refractivity contribution in [2.75, 3.05) is 24.5 Å². The lowest BCUT2D eigenvalue weighted by Crippen LogP contribution is -2.41. The van der Waals surface area contributed by atoms with Crippen molar-refractivity contribution in [3.05, 3.63) is 41.2 Å². The van der Waals surface area contributed by atoms with E-state index in [1.54, 1.807) is 27.9 Å². The largest absolute Gasteiger partial charge is 0.339 e. The molecule has 2 aliphatic heterocycles. The molecular weight excluding hydrogens is 368 g/mol. The highest BCUT2D eigenvalue weighted by atomic mass is 35.5. The molecule has 0 spiro atoms. The van der Waals surface area contributed by atoms with Gasteiger partial charge in [-0.25, -0.2) is 4.68 Å². The number of para-hydroxylation sites is 1. The Morgan fingerprint density at radius 2 is 2.00 bits per heavy atom. The Morgan fingerprint density at radius 1 is 1.22 bits per heavy atom. The zero-order valence-electron chi connectivity index (χ0n) is 14.8. The fourth-order valence-electron chi connectivity index (χ4n) is 3.59. The van der Waals surface area contributed by atoms with Gasteiger partial charge in [0, 0.05) is 6.54 Å². The van der Waals surface area contributed by atoms with Gasteiger partial charge in [-0.05, 0) is 44.5 Å². The average Bonchev–Trinajstić information content (AvgIpc) is 3.31. The van der Waals surface area contributed by atoms with E-state index in [-0.39, 0.29) is 23.6 Å². The monoisotopic (exact) mass is 388 g/mol. The summed E-state index contributed by atoms with van der Waals surface area (Å²) in [5.74, 6) is -0.545. The smallest absolute Gasteiger partial charge is 0.274 e. The summed E-state index contributed by atoms with van der Waals surface area (Å²) in [7, 11) is 0. The maximum atomic E-state index is 12.7. The zero-order valence-corrected chi connectivity index (χ0v) is 15.5. The number of anilines is 1. The molecule has 8 nitrogen and oxygen atoms in total. The molecule has 2 saturated heterocycles. The summed E-state index contributed by atoms with van der Waals surface area (Å²) in [6.07, 6.45) is 4.10. The van der Waals surface area contributed by atoms with Crippen LogP contribution in [0.5, 0.6) is 0 Å². The van der Waals surface area contributed by atoms with E-state index in [0.717, 1.165) is 25.9 Å². The van der Waals surface area contributed by atoms with Gasteiger partial charge in [-0.2, -0.15) is 0 Å². The molecule has 142 valence electrons. The number of carbonyl (C=O) groups is 2. The third-order valence-corrected chi connectivity index (χ3v) is 5.40. The standard InChI is InChI=1S/C18H21ClN6O2/c19-13-3-1-2-4-16(13)24-10-7-14(18(24)27)21-17(26)15-11-25(23-22-15)12-5-8-20-9-6-12/h1-4,11-12,14,20H,5-10H2,(H,21,26). The SMILES string of the molecule is O=C(NC1CCN(c2ccccc2Cl)C1=O)c1cn(C2CCNCC2)nn1. The topological polar surface area (TPSA) is 92.2 Å². The van der Waals surface area contributed by atoms with Crippen molar-refractivity contribution in [3.8, 4) is 0 Å². The van der Waals surface area contributed by atoms with Gasteiger partial charge in [0.1, 0.15) is 6.04 Å². The van der Waals surface area contributed by atoms with Crippen molar-refractivity contribution >= 4 is 29.1 Å². The maximum absolute atomic E-state index is 12.7. The van der Waals surface area contributed by atoms with Crippen LogP contribution in [-0.2, 0) is 4.79 Å². The molecule has 1 aromatic carbocycles. The Balaban J connectivity index is 1.41. The average molecular weight is 389 g/mol. The van der Waals surface area contributed by atoms with E-state index >= 15 is 0 Å². The summed E-state index contributed by atoms with van der Waals surface area (Å²) in [4.78, 5) is 26.8. The van der Waals surface area contributed by atoms with Gasteiger partial charge in [-0.15, -0.1) is 5.10 Å². The molecule has 2 amide bonds. The lowest BCUT2D eigenvalue weighted by Gasteiger charge is -2.22. The number of nitrogens with one attached hydrogen (secondary N) is 2. The quantitative estimate of drug-likeness (QED) is 0.825. The van der Waals surface area contributed by atoms with Crippen LogP contribution >= 0.6 is 11.6 Å². The molecule has 1 atom stereocenters. The number of hydrogen-bond acceptors (Lipinski definition) is 5. The summed E-state index contributed by atoms with van der Waals surface area (Å²) in [6, 6.07) is 6.86. The van der Waals surface area contributed by atoms with Crippen LogP contribution in [0.1, 0.15) is 35.8 Å². The molecule has 0 aliphatic carbocycles. The van der Waals surface area contributed by atoms with Crippen molar-refractivity contribution in [1.82, 2.24) is 25.6 Å². The van der Waals surface area contributed by atoms with Gasteiger partial charge in [-0.3, -0.25) is 9.59 Å². The van der Waals surface area contributed by atoms with E-state index in [0.29, 0.717) is 23.7 Å². The molecule has 2 aliphatic rings. The minimum Gasteiger partial charge on any atom is -0.339 e. The molecule has 9 heteroatoms. The van der Waals surface area contributed by atoms with Crippen LogP contribution < -0.4 is 15.5 Å². The number of nitrogens with zero attached hydrogens (tertiary/aromatic N) is 4. The van der Waals surface area contributed by atoms with Gasteiger partial charge >= 0.3 is 0 Å². The first-order valence-electron chi connectivity index (χ1n) is 9.13. The number of hydrogen-bond donors (Lipinski definition) is 2. The summed E-state index contributed by atoms with van der Waals surface area (Å²) in [5, 5.41) is 14.7. The van der Waals surface area contributed by atoms with E-state index in [4.69, 9.17) is 11.6 Å². The first kappa shape index (κ1) is 17.9. The molecule has 1 aromatic heterocycles. The van der Waals surface area contributed by atoms with Crippen molar-refractivity contribution in [3.63, 3.8) is 0 Å². The molecule has 0 bridgehead atoms. The zero-order chi connectivity index (χ0) is 18.8. The highest BCUT2D eigenvalue weighted by Gasteiger charge is 2.35.